The summed E-state index contributed by atoms with van der Waals surface area (Å²) in [7, 11) is 0. The van der Waals surface area contributed by atoms with Gasteiger partial charge in [0, 0.05) is 36.6 Å². The SMILES string of the molecule is CCN(CC)c1ccc(Nc2ccc(C(=O)NCc3ccccc3F)nc2)cc1. The lowest BCUT2D eigenvalue weighted by Gasteiger charge is -2.21. The van der Waals surface area contributed by atoms with Crippen LogP contribution < -0.4 is 15.5 Å². The van der Waals surface area contributed by atoms with Crippen molar-refractivity contribution in [3.63, 3.8) is 0 Å². The van der Waals surface area contributed by atoms with Crippen LogP contribution in [-0.4, -0.2) is 24.0 Å². The summed E-state index contributed by atoms with van der Waals surface area (Å²) >= 11 is 0. The van der Waals surface area contributed by atoms with Gasteiger partial charge in [-0.1, -0.05) is 18.2 Å². The number of hydrogen-bond donors (Lipinski definition) is 2. The molecular weight excluding hydrogens is 367 g/mol. The van der Waals surface area contributed by atoms with E-state index in [0.29, 0.717) is 5.56 Å². The number of hydrogen-bond acceptors (Lipinski definition) is 4. The summed E-state index contributed by atoms with van der Waals surface area (Å²) in [5.41, 5.74) is 3.63. The molecule has 150 valence electrons. The van der Waals surface area contributed by atoms with E-state index in [1.807, 2.05) is 12.1 Å². The van der Waals surface area contributed by atoms with Crippen molar-refractivity contribution in [1.29, 1.82) is 0 Å². The summed E-state index contributed by atoms with van der Waals surface area (Å²) in [6.45, 7) is 6.32. The van der Waals surface area contributed by atoms with Gasteiger partial charge in [-0.15, -0.1) is 0 Å². The number of aromatic nitrogens is 1. The van der Waals surface area contributed by atoms with Crippen molar-refractivity contribution in [2.75, 3.05) is 23.3 Å². The molecule has 6 heteroatoms. The molecule has 0 bridgehead atoms. The molecule has 0 unspecified atom stereocenters. The van der Waals surface area contributed by atoms with E-state index in [-0.39, 0.29) is 24.0 Å². The van der Waals surface area contributed by atoms with Gasteiger partial charge in [0.2, 0.25) is 0 Å². The molecule has 3 rings (SSSR count). The number of nitrogens with zero attached hydrogens (tertiary/aromatic N) is 2. The minimum atomic E-state index is -0.344. The van der Waals surface area contributed by atoms with Crippen LogP contribution in [0.3, 0.4) is 0 Å². The predicted octanol–water partition coefficient (Wildman–Crippen LogP) is 4.74. The lowest BCUT2D eigenvalue weighted by Crippen LogP contribution is -2.24. The number of anilines is 3. The number of benzene rings is 2. The van der Waals surface area contributed by atoms with Crippen LogP contribution in [0.4, 0.5) is 21.5 Å². The van der Waals surface area contributed by atoms with Gasteiger partial charge < -0.3 is 15.5 Å². The van der Waals surface area contributed by atoms with Crippen LogP contribution in [0.1, 0.15) is 29.9 Å². The molecule has 0 saturated heterocycles. The molecule has 2 aromatic carbocycles. The third-order valence-electron chi connectivity index (χ3n) is 4.68. The van der Waals surface area contributed by atoms with Gasteiger partial charge in [-0.25, -0.2) is 9.37 Å². The highest BCUT2D eigenvalue weighted by Crippen LogP contribution is 2.21. The number of carbonyl (C=O) groups is 1. The average Bonchev–Trinajstić information content (AvgIpc) is 2.75. The Morgan fingerprint density at radius 2 is 1.66 bits per heavy atom. The van der Waals surface area contributed by atoms with E-state index in [2.05, 4.69) is 46.5 Å². The normalized spacial score (nSPS) is 10.4. The van der Waals surface area contributed by atoms with E-state index in [9.17, 15) is 9.18 Å². The Hall–Kier alpha value is -3.41. The topological polar surface area (TPSA) is 57.3 Å². The van der Waals surface area contributed by atoms with E-state index in [0.717, 1.165) is 24.5 Å². The first-order valence-corrected chi connectivity index (χ1v) is 9.70. The van der Waals surface area contributed by atoms with E-state index < -0.39 is 0 Å². The number of nitrogens with one attached hydrogen (secondary N) is 2. The molecule has 29 heavy (non-hydrogen) atoms. The van der Waals surface area contributed by atoms with E-state index in [4.69, 9.17) is 0 Å². The molecule has 0 aliphatic rings. The highest BCUT2D eigenvalue weighted by Gasteiger charge is 2.09. The second-order valence-corrected chi connectivity index (χ2v) is 6.55. The van der Waals surface area contributed by atoms with Gasteiger partial charge in [0.05, 0.1) is 11.9 Å². The van der Waals surface area contributed by atoms with Gasteiger partial charge in [-0.2, -0.15) is 0 Å². The van der Waals surface area contributed by atoms with Gasteiger partial charge in [-0.3, -0.25) is 4.79 Å². The maximum Gasteiger partial charge on any atom is 0.270 e. The largest absolute Gasteiger partial charge is 0.372 e. The highest BCUT2D eigenvalue weighted by atomic mass is 19.1. The molecule has 0 saturated carbocycles. The van der Waals surface area contributed by atoms with E-state index in [1.54, 1.807) is 36.5 Å². The fourth-order valence-corrected chi connectivity index (χ4v) is 3.02. The summed E-state index contributed by atoms with van der Waals surface area (Å²) in [5, 5.41) is 5.96. The van der Waals surface area contributed by atoms with Crippen LogP contribution in [0.5, 0.6) is 0 Å². The zero-order valence-corrected chi connectivity index (χ0v) is 16.7. The molecule has 0 atom stereocenters. The fourth-order valence-electron chi connectivity index (χ4n) is 3.02. The zero-order valence-electron chi connectivity index (χ0n) is 16.7. The minimum absolute atomic E-state index is 0.117. The van der Waals surface area contributed by atoms with Crippen LogP contribution in [0.2, 0.25) is 0 Å². The van der Waals surface area contributed by atoms with Crippen LogP contribution in [0, 0.1) is 5.82 Å². The summed E-state index contributed by atoms with van der Waals surface area (Å²) in [4.78, 5) is 18.7. The van der Waals surface area contributed by atoms with Crippen LogP contribution in [0.25, 0.3) is 0 Å². The second kappa shape index (κ2) is 9.68. The number of rotatable bonds is 8. The van der Waals surface area contributed by atoms with Gasteiger partial charge in [0.1, 0.15) is 11.5 Å². The Morgan fingerprint density at radius 3 is 2.28 bits per heavy atom. The fraction of sp³-hybridized carbons (Fsp3) is 0.217. The molecule has 0 aliphatic carbocycles. The second-order valence-electron chi connectivity index (χ2n) is 6.55. The molecule has 5 nitrogen and oxygen atoms in total. The van der Waals surface area contributed by atoms with Gasteiger partial charge >= 0.3 is 0 Å². The van der Waals surface area contributed by atoms with Crippen molar-refractivity contribution in [2.24, 2.45) is 0 Å². The molecule has 3 aromatic rings. The van der Waals surface area contributed by atoms with Crippen molar-refractivity contribution in [1.82, 2.24) is 10.3 Å². The number of pyridine rings is 1. The molecule has 1 heterocycles. The lowest BCUT2D eigenvalue weighted by molar-refractivity contribution is 0.0945. The average molecular weight is 392 g/mol. The van der Waals surface area contributed by atoms with Crippen molar-refractivity contribution < 1.29 is 9.18 Å². The van der Waals surface area contributed by atoms with E-state index >= 15 is 0 Å². The van der Waals surface area contributed by atoms with E-state index in [1.165, 1.54) is 11.8 Å². The summed E-state index contributed by atoms with van der Waals surface area (Å²) in [5.74, 6) is -0.685. The van der Waals surface area contributed by atoms with Crippen LogP contribution in [-0.2, 0) is 6.54 Å². The number of carbonyl (C=O) groups excluding carboxylic acids is 1. The Balaban J connectivity index is 1.58. The van der Waals surface area contributed by atoms with Gasteiger partial charge in [0.25, 0.3) is 5.91 Å². The summed E-state index contributed by atoms with van der Waals surface area (Å²) in [6.07, 6.45) is 1.61. The number of amides is 1. The molecule has 1 aromatic heterocycles. The van der Waals surface area contributed by atoms with Gasteiger partial charge in [-0.05, 0) is 56.3 Å². The molecule has 2 N–H and O–H groups in total. The summed E-state index contributed by atoms with van der Waals surface area (Å²) < 4.78 is 13.6. The predicted molar refractivity (Wildman–Crippen MR) is 115 cm³/mol. The smallest absolute Gasteiger partial charge is 0.270 e. The highest BCUT2D eigenvalue weighted by molar-refractivity contribution is 5.92. The molecule has 0 fully saturated rings. The Kier molecular flexibility index (Phi) is 6.79. The Morgan fingerprint density at radius 1 is 0.966 bits per heavy atom. The van der Waals surface area contributed by atoms with Gasteiger partial charge in [0.15, 0.2) is 0 Å². The lowest BCUT2D eigenvalue weighted by atomic mass is 10.2. The van der Waals surface area contributed by atoms with Crippen molar-refractivity contribution in [2.45, 2.75) is 20.4 Å². The zero-order chi connectivity index (χ0) is 20.6. The first-order chi connectivity index (χ1) is 14.1. The standard InChI is InChI=1S/C23H25FN4O/c1-3-28(4-2)20-12-9-18(10-13-20)27-19-11-14-22(25-16-19)23(29)26-15-17-7-5-6-8-21(17)24/h5-14,16,27H,3-4,15H2,1-2H3,(H,26,29). The quantitative estimate of drug-likeness (QED) is 0.581. The molecule has 1 amide bonds. The molecule has 0 aliphatic heterocycles. The van der Waals surface area contributed by atoms with Crippen LogP contribution in [0.15, 0.2) is 66.9 Å². The molecule has 0 spiro atoms. The third kappa shape index (κ3) is 5.31. The minimum Gasteiger partial charge on any atom is -0.372 e. The maximum atomic E-state index is 13.6. The van der Waals surface area contributed by atoms with Crippen molar-refractivity contribution in [3.8, 4) is 0 Å². The van der Waals surface area contributed by atoms with Crippen molar-refractivity contribution in [3.05, 3.63) is 83.9 Å². The molecule has 0 radical (unpaired) electrons. The third-order valence-corrected chi connectivity index (χ3v) is 4.68. The monoisotopic (exact) mass is 392 g/mol. The Labute approximate surface area is 170 Å². The van der Waals surface area contributed by atoms with Crippen molar-refractivity contribution >= 4 is 23.0 Å². The van der Waals surface area contributed by atoms with Crippen LogP contribution >= 0.6 is 0 Å². The Bertz CT molecular complexity index is 938. The molecular formula is C23H25FN4O. The number of halogens is 1. The first-order valence-electron chi connectivity index (χ1n) is 9.70. The summed E-state index contributed by atoms with van der Waals surface area (Å²) in [6, 6.07) is 18.0. The maximum absolute atomic E-state index is 13.6. The first kappa shape index (κ1) is 20.3.